The van der Waals surface area contributed by atoms with Gasteiger partial charge in [-0.15, -0.1) is 0 Å². The van der Waals surface area contributed by atoms with Crippen LogP contribution in [-0.4, -0.2) is 0 Å². The normalized spacial score (nSPS) is 13.8. The highest BCUT2D eigenvalue weighted by Gasteiger charge is 2.51. The Kier molecular flexibility index (Phi) is 5.73. The summed E-state index contributed by atoms with van der Waals surface area (Å²) in [5, 5.41) is 5.21. The Hall–Kier alpha value is -6.15. The third kappa shape index (κ3) is 3.59. The molecule has 0 atom stereocenters. The van der Waals surface area contributed by atoms with Crippen LogP contribution >= 0.6 is 11.8 Å². The standard InChI is InChI=1S/C51H30S/c1-2-15-35-34(14-1)33(28-29-36(35)41-19-11-25-48-50(41)42-20-9-12-31-13-10-24-47(52-48)49(31)42)32-26-27-40-39-18-5-8-23-45(39)51(46(40)30-32)43-21-6-3-16-37(43)38-17-4-7-22-44(38)51/h1-30H. The molecule has 240 valence electrons. The molecule has 1 heterocycles. The van der Waals surface area contributed by atoms with Gasteiger partial charge in [0, 0.05) is 20.7 Å². The van der Waals surface area contributed by atoms with Gasteiger partial charge in [0.2, 0.25) is 0 Å². The van der Waals surface area contributed by atoms with Gasteiger partial charge in [0.05, 0.1) is 5.41 Å². The zero-order chi connectivity index (χ0) is 34.0. The summed E-state index contributed by atoms with van der Waals surface area (Å²) in [4.78, 5) is 2.65. The highest BCUT2D eigenvalue weighted by molar-refractivity contribution is 7.99. The molecule has 0 amide bonds. The Morgan fingerprint density at radius 3 is 1.54 bits per heavy atom. The third-order valence-electron chi connectivity index (χ3n) is 11.9. The molecule has 2 aliphatic carbocycles. The molecule has 1 spiro atoms. The van der Waals surface area contributed by atoms with Gasteiger partial charge in [0.1, 0.15) is 0 Å². The second kappa shape index (κ2) is 10.4. The van der Waals surface area contributed by atoms with Gasteiger partial charge in [-0.3, -0.25) is 0 Å². The molecule has 1 aliphatic heterocycles. The fraction of sp³-hybridized carbons (Fsp3) is 0.0196. The van der Waals surface area contributed by atoms with Crippen LogP contribution in [0.25, 0.3) is 77.2 Å². The number of fused-ring (bicyclic) bond motifs is 13. The van der Waals surface area contributed by atoms with E-state index >= 15 is 0 Å². The minimum absolute atomic E-state index is 0.358. The summed E-state index contributed by atoms with van der Waals surface area (Å²) in [6.07, 6.45) is 0. The molecule has 1 heteroatoms. The number of hydrogen-bond acceptors (Lipinski definition) is 1. The first-order valence-electron chi connectivity index (χ1n) is 18.1. The van der Waals surface area contributed by atoms with Crippen molar-refractivity contribution in [2.75, 3.05) is 0 Å². The van der Waals surface area contributed by atoms with Crippen molar-refractivity contribution in [2.45, 2.75) is 15.2 Å². The molecular formula is C51H30S. The fourth-order valence-electron chi connectivity index (χ4n) is 9.88. The van der Waals surface area contributed by atoms with Gasteiger partial charge in [-0.2, -0.15) is 0 Å². The summed E-state index contributed by atoms with van der Waals surface area (Å²) in [6.45, 7) is 0. The quantitative estimate of drug-likeness (QED) is 0.176. The molecule has 0 bridgehead atoms. The fourth-order valence-corrected chi connectivity index (χ4v) is 11.1. The van der Waals surface area contributed by atoms with E-state index in [1.807, 2.05) is 11.8 Å². The average Bonchev–Trinajstić information content (AvgIpc) is 3.67. The molecule has 3 aliphatic rings. The van der Waals surface area contributed by atoms with Crippen LogP contribution in [0.1, 0.15) is 22.3 Å². The lowest BCUT2D eigenvalue weighted by Crippen LogP contribution is -2.25. The molecule has 9 aromatic carbocycles. The smallest absolute Gasteiger partial charge is 0.0725 e. The Morgan fingerprint density at radius 1 is 0.327 bits per heavy atom. The van der Waals surface area contributed by atoms with Gasteiger partial charge in [-0.05, 0) is 107 Å². The SMILES string of the molecule is c1ccc2c(c1)-c1ccccc1C21c2ccccc2-c2ccc(-c3ccc(-c4cccc5c4-c4cccc6cccc(c46)S5)c4ccccc34)cc21. The van der Waals surface area contributed by atoms with E-state index in [2.05, 4.69) is 182 Å². The molecule has 0 nitrogen and oxygen atoms in total. The van der Waals surface area contributed by atoms with E-state index in [0.717, 1.165) is 0 Å². The first-order chi connectivity index (χ1) is 25.8. The Balaban J connectivity index is 1.09. The molecule has 9 aromatic rings. The van der Waals surface area contributed by atoms with Crippen molar-refractivity contribution in [3.8, 4) is 55.6 Å². The second-order valence-electron chi connectivity index (χ2n) is 14.3. The van der Waals surface area contributed by atoms with Crippen LogP contribution in [0, 0.1) is 0 Å². The van der Waals surface area contributed by atoms with Crippen LogP contribution in [0.3, 0.4) is 0 Å². The molecule has 52 heavy (non-hydrogen) atoms. The van der Waals surface area contributed by atoms with E-state index in [-0.39, 0.29) is 5.41 Å². The van der Waals surface area contributed by atoms with E-state index < -0.39 is 0 Å². The maximum absolute atomic E-state index is 2.51. The van der Waals surface area contributed by atoms with Crippen LogP contribution in [0.2, 0.25) is 0 Å². The van der Waals surface area contributed by atoms with Crippen LogP contribution in [0.4, 0.5) is 0 Å². The highest BCUT2D eigenvalue weighted by atomic mass is 32.2. The molecular weight excluding hydrogens is 645 g/mol. The van der Waals surface area contributed by atoms with Crippen molar-refractivity contribution in [3.05, 3.63) is 204 Å². The minimum Gasteiger partial charge on any atom is -0.0888 e. The van der Waals surface area contributed by atoms with Crippen molar-refractivity contribution in [1.29, 1.82) is 0 Å². The Morgan fingerprint density at radius 2 is 0.827 bits per heavy atom. The topological polar surface area (TPSA) is 0 Å². The van der Waals surface area contributed by atoms with Gasteiger partial charge >= 0.3 is 0 Å². The van der Waals surface area contributed by atoms with Gasteiger partial charge in [-0.25, -0.2) is 0 Å². The number of rotatable bonds is 2. The predicted octanol–water partition coefficient (Wildman–Crippen LogP) is 13.8. The number of hydrogen-bond donors (Lipinski definition) is 0. The van der Waals surface area contributed by atoms with Crippen molar-refractivity contribution >= 4 is 33.3 Å². The van der Waals surface area contributed by atoms with Gasteiger partial charge in [-0.1, -0.05) is 176 Å². The molecule has 0 fully saturated rings. The lowest BCUT2D eigenvalue weighted by molar-refractivity contribution is 0.794. The van der Waals surface area contributed by atoms with E-state index in [1.165, 1.54) is 109 Å². The third-order valence-corrected chi connectivity index (χ3v) is 13.0. The summed E-state index contributed by atoms with van der Waals surface area (Å²) < 4.78 is 0. The van der Waals surface area contributed by atoms with E-state index in [0.29, 0.717) is 0 Å². The van der Waals surface area contributed by atoms with Crippen molar-refractivity contribution in [3.63, 3.8) is 0 Å². The van der Waals surface area contributed by atoms with Crippen molar-refractivity contribution in [1.82, 2.24) is 0 Å². The lowest BCUT2D eigenvalue weighted by Gasteiger charge is -2.30. The Bertz CT molecular complexity index is 2930. The summed E-state index contributed by atoms with van der Waals surface area (Å²) >= 11 is 1.89. The maximum Gasteiger partial charge on any atom is 0.0725 e. The molecule has 0 saturated carbocycles. The average molecular weight is 675 g/mol. The maximum atomic E-state index is 2.51. The minimum atomic E-state index is -0.358. The van der Waals surface area contributed by atoms with Crippen molar-refractivity contribution in [2.24, 2.45) is 0 Å². The second-order valence-corrected chi connectivity index (χ2v) is 15.4. The summed E-state index contributed by atoms with van der Waals surface area (Å²) in [7, 11) is 0. The monoisotopic (exact) mass is 674 g/mol. The summed E-state index contributed by atoms with van der Waals surface area (Å²) in [5.41, 5.74) is 18.2. The molecule has 0 aromatic heterocycles. The predicted molar refractivity (Wildman–Crippen MR) is 218 cm³/mol. The summed E-state index contributed by atoms with van der Waals surface area (Å²) in [5.74, 6) is 0. The molecule has 0 radical (unpaired) electrons. The lowest BCUT2D eigenvalue weighted by atomic mass is 9.70. The van der Waals surface area contributed by atoms with Gasteiger partial charge < -0.3 is 0 Å². The van der Waals surface area contributed by atoms with Crippen LogP contribution in [0.15, 0.2) is 192 Å². The number of benzene rings is 9. The molecule has 0 unspecified atom stereocenters. The largest absolute Gasteiger partial charge is 0.0888 e. The van der Waals surface area contributed by atoms with E-state index in [9.17, 15) is 0 Å². The van der Waals surface area contributed by atoms with E-state index in [1.54, 1.807) is 0 Å². The first-order valence-corrected chi connectivity index (χ1v) is 18.9. The van der Waals surface area contributed by atoms with Crippen LogP contribution in [0.5, 0.6) is 0 Å². The molecule has 12 rings (SSSR count). The summed E-state index contributed by atoms with van der Waals surface area (Å²) in [6, 6.07) is 68.4. The zero-order valence-electron chi connectivity index (χ0n) is 28.2. The van der Waals surface area contributed by atoms with E-state index in [4.69, 9.17) is 0 Å². The zero-order valence-corrected chi connectivity index (χ0v) is 29.0. The molecule has 0 saturated heterocycles. The first kappa shape index (κ1) is 28.5. The van der Waals surface area contributed by atoms with Gasteiger partial charge in [0.15, 0.2) is 0 Å². The van der Waals surface area contributed by atoms with Gasteiger partial charge in [0.25, 0.3) is 0 Å². The Labute approximate surface area is 307 Å². The van der Waals surface area contributed by atoms with Crippen LogP contribution < -0.4 is 0 Å². The molecule has 0 N–H and O–H groups in total. The van der Waals surface area contributed by atoms with Crippen LogP contribution in [-0.2, 0) is 5.41 Å². The van der Waals surface area contributed by atoms with Crippen molar-refractivity contribution < 1.29 is 0 Å². The highest BCUT2D eigenvalue weighted by Crippen LogP contribution is 2.63.